The number of carbonyl (C=O) groups excluding carboxylic acids is 1. The quantitative estimate of drug-likeness (QED) is 0.452. The van der Waals surface area contributed by atoms with Crippen LogP contribution in [0.4, 0.5) is 0 Å². The Kier molecular flexibility index (Phi) is 5.61. The van der Waals surface area contributed by atoms with Gasteiger partial charge in [-0.15, -0.1) is 0 Å². The molecule has 3 aromatic carbocycles. The molecule has 2 N–H and O–H groups in total. The second kappa shape index (κ2) is 8.36. The molecule has 0 aliphatic rings. The van der Waals surface area contributed by atoms with Crippen molar-refractivity contribution < 1.29 is 9.53 Å². The minimum atomic E-state index is -0.379. The van der Waals surface area contributed by atoms with Crippen molar-refractivity contribution in [3.05, 3.63) is 89.5 Å². The van der Waals surface area contributed by atoms with Crippen molar-refractivity contribution in [2.24, 2.45) is 5.73 Å². The zero-order valence-electron chi connectivity index (χ0n) is 18.1. The first-order chi connectivity index (χ1) is 14.9. The molecule has 0 radical (unpaired) electrons. The van der Waals surface area contributed by atoms with E-state index in [1.807, 2.05) is 41.0 Å². The summed E-state index contributed by atoms with van der Waals surface area (Å²) in [4.78, 5) is 17.4. The van der Waals surface area contributed by atoms with E-state index < -0.39 is 0 Å². The zero-order valence-corrected chi connectivity index (χ0v) is 18.1. The number of fused-ring (bicyclic) bond motifs is 1. The number of ether oxygens (including phenoxy) is 1. The summed E-state index contributed by atoms with van der Waals surface area (Å²) in [6.45, 7) is 7.09. The topological polar surface area (TPSA) is 70.1 Å². The molecule has 158 valence electrons. The van der Waals surface area contributed by atoms with Gasteiger partial charge in [0.2, 0.25) is 0 Å². The highest BCUT2D eigenvalue weighted by atomic mass is 16.5. The van der Waals surface area contributed by atoms with Gasteiger partial charge in [0.15, 0.2) is 6.73 Å². The van der Waals surface area contributed by atoms with Crippen LogP contribution in [-0.2, 0) is 23.4 Å². The molecule has 0 amide bonds. The van der Waals surface area contributed by atoms with Crippen LogP contribution >= 0.6 is 0 Å². The fraction of sp³-hybridized carbons (Fsp3) is 0.231. The first-order valence-electron chi connectivity index (χ1n) is 10.4. The minimum absolute atomic E-state index is 0.0770. The Hall–Kier alpha value is -3.44. The predicted octanol–water partition coefficient (Wildman–Crippen LogP) is 5.27. The van der Waals surface area contributed by atoms with Crippen molar-refractivity contribution in [3.8, 4) is 11.4 Å². The molecule has 5 heteroatoms. The maximum Gasteiger partial charge on any atom is 0.339 e. The maximum absolute atomic E-state index is 12.6. The van der Waals surface area contributed by atoms with Crippen molar-refractivity contribution in [3.63, 3.8) is 0 Å². The lowest BCUT2D eigenvalue weighted by Crippen LogP contribution is -2.12. The highest BCUT2D eigenvalue weighted by Crippen LogP contribution is 2.28. The summed E-state index contributed by atoms with van der Waals surface area (Å²) in [5, 5.41) is 0. The molecule has 4 aromatic rings. The van der Waals surface area contributed by atoms with Crippen LogP contribution in [0.1, 0.15) is 42.3 Å². The van der Waals surface area contributed by atoms with Gasteiger partial charge < -0.3 is 10.5 Å². The van der Waals surface area contributed by atoms with E-state index in [-0.39, 0.29) is 18.1 Å². The van der Waals surface area contributed by atoms with Crippen LogP contribution in [0.5, 0.6) is 0 Å². The maximum atomic E-state index is 12.6. The van der Waals surface area contributed by atoms with E-state index in [1.54, 1.807) is 12.1 Å². The van der Waals surface area contributed by atoms with Gasteiger partial charge in [0, 0.05) is 12.1 Å². The fourth-order valence-electron chi connectivity index (χ4n) is 3.53. The van der Waals surface area contributed by atoms with Crippen LogP contribution in [0.2, 0.25) is 0 Å². The van der Waals surface area contributed by atoms with Crippen LogP contribution in [0, 0.1) is 0 Å². The third kappa shape index (κ3) is 4.37. The minimum Gasteiger partial charge on any atom is -0.440 e. The van der Waals surface area contributed by atoms with E-state index in [4.69, 9.17) is 15.5 Å². The van der Waals surface area contributed by atoms with Gasteiger partial charge in [-0.1, -0.05) is 69.3 Å². The molecule has 0 aliphatic carbocycles. The summed E-state index contributed by atoms with van der Waals surface area (Å²) in [6, 6.07) is 23.4. The Morgan fingerprint density at radius 1 is 0.968 bits per heavy atom. The first-order valence-corrected chi connectivity index (χ1v) is 10.4. The van der Waals surface area contributed by atoms with Crippen molar-refractivity contribution in [2.45, 2.75) is 39.5 Å². The number of nitrogens with two attached hydrogens (primary N) is 1. The number of carbonyl (C=O) groups is 1. The van der Waals surface area contributed by atoms with E-state index in [0.29, 0.717) is 12.1 Å². The van der Waals surface area contributed by atoms with Crippen molar-refractivity contribution >= 4 is 17.0 Å². The van der Waals surface area contributed by atoms with Crippen LogP contribution in [0.15, 0.2) is 72.8 Å². The Morgan fingerprint density at radius 2 is 1.65 bits per heavy atom. The highest BCUT2D eigenvalue weighted by Gasteiger charge is 2.17. The molecule has 1 heterocycles. The third-order valence-corrected chi connectivity index (χ3v) is 5.41. The number of rotatable bonds is 5. The Labute approximate surface area is 182 Å². The molecule has 0 saturated carbocycles. The molecular formula is C26H27N3O2. The van der Waals surface area contributed by atoms with Gasteiger partial charge >= 0.3 is 5.97 Å². The molecular weight excluding hydrogens is 386 g/mol. The van der Waals surface area contributed by atoms with Gasteiger partial charge in [-0.25, -0.2) is 9.78 Å². The number of benzene rings is 3. The third-order valence-electron chi connectivity index (χ3n) is 5.41. The largest absolute Gasteiger partial charge is 0.440 e. The number of esters is 1. The standard InChI is InChI=1S/C26H27N3O2/c1-26(2,3)21-14-12-19(13-15-21)24-28-22-6-4-5-7-23(22)29(24)17-31-25(30)20-10-8-18(16-27)9-11-20/h4-15H,16-17,27H2,1-3H3. The van der Waals surface area contributed by atoms with Crippen LogP contribution in [-0.4, -0.2) is 15.5 Å². The van der Waals surface area contributed by atoms with Crippen molar-refractivity contribution in [1.82, 2.24) is 9.55 Å². The second-order valence-electron chi connectivity index (χ2n) is 8.64. The summed E-state index contributed by atoms with van der Waals surface area (Å²) < 4.78 is 7.59. The van der Waals surface area contributed by atoms with Crippen molar-refractivity contribution in [1.29, 1.82) is 0 Å². The number of para-hydroxylation sites is 2. The summed E-state index contributed by atoms with van der Waals surface area (Å²) in [5.41, 5.74) is 11.2. The Balaban J connectivity index is 1.64. The van der Waals surface area contributed by atoms with E-state index in [9.17, 15) is 4.79 Å². The van der Waals surface area contributed by atoms with Gasteiger partial charge in [0.05, 0.1) is 16.6 Å². The smallest absolute Gasteiger partial charge is 0.339 e. The lowest BCUT2D eigenvalue weighted by Gasteiger charge is -2.19. The molecule has 0 aliphatic heterocycles. The second-order valence-corrected chi connectivity index (χ2v) is 8.64. The summed E-state index contributed by atoms with van der Waals surface area (Å²) in [5.74, 6) is 0.392. The number of hydrogen-bond acceptors (Lipinski definition) is 4. The van der Waals surface area contributed by atoms with Crippen LogP contribution < -0.4 is 5.73 Å². The molecule has 0 fully saturated rings. The van der Waals surface area contributed by atoms with Gasteiger partial charge in [0.1, 0.15) is 5.82 Å². The van der Waals surface area contributed by atoms with E-state index >= 15 is 0 Å². The van der Waals surface area contributed by atoms with E-state index in [0.717, 1.165) is 28.0 Å². The lowest BCUT2D eigenvalue weighted by atomic mass is 9.87. The summed E-state index contributed by atoms with van der Waals surface area (Å²) in [7, 11) is 0. The SMILES string of the molecule is CC(C)(C)c1ccc(-c2nc3ccccc3n2COC(=O)c2ccc(CN)cc2)cc1. The average molecular weight is 414 g/mol. The summed E-state index contributed by atoms with van der Waals surface area (Å²) >= 11 is 0. The van der Waals surface area contributed by atoms with Crippen LogP contribution in [0.25, 0.3) is 22.4 Å². The van der Waals surface area contributed by atoms with Gasteiger partial charge in [-0.3, -0.25) is 4.57 Å². The van der Waals surface area contributed by atoms with Crippen molar-refractivity contribution in [2.75, 3.05) is 0 Å². The Morgan fingerprint density at radius 3 is 2.29 bits per heavy atom. The average Bonchev–Trinajstić information content (AvgIpc) is 3.15. The Bertz CT molecular complexity index is 1200. The number of aromatic nitrogens is 2. The summed E-state index contributed by atoms with van der Waals surface area (Å²) in [6.07, 6.45) is 0. The van der Waals surface area contributed by atoms with E-state index in [2.05, 4.69) is 45.0 Å². The predicted molar refractivity (Wildman–Crippen MR) is 124 cm³/mol. The molecule has 0 spiro atoms. The van der Waals surface area contributed by atoms with Crippen LogP contribution in [0.3, 0.4) is 0 Å². The zero-order chi connectivity index (χ0) is 22.0. The van der Waals surface area contributed by atoms with Gasteiger partial charge in [0.25, 0.3) is 0 Å². The number of nitrogens with zero attached hydrogens (tertiary/aromatic N) is 2. The highest BCUT2D eigenvalue weighted by molar-refractivity contribution is 5.89. The number of imidazole rings is 1. The first kappa shape index (κ1) is 20.8. The molecule has 31 heavy (non-hydrogen) atoms. The molecule has 0 unspecified atom stereocenters. The normalized spacial score (nSPS) is 11.6. The molecule has 0 saturated heterocycles. The molecule has 0 atom stereocenters. The fourth-order valence-corrected chi connectivity index (χ4v) is 3.53. The molecule has 4 rings (SSSR count). The number of hydrogen-bond donors (Lipinski definition) is 1. The monoisotopic (exact) mass is 413 g/mol. The van der Waals surface area contributed by atoms with E-state index in [1.165, 1.54) is 5.56 Å². The molecule has 0 bridgehead atoms. The molecule has 1 aromatic heterocycles. The van der Waals surface area contributed by atoms with Gasteiger partial charge in [-0.2, -0.15) is 0 Å². The molecule has 5 nitrogen and oxygen atoms in total. The lowest BCUT2D eigenvalue weighted by molar-refractivity contribution is 0.0381. The van der Waals surface area contributed by atoms with Gasteiger partial charge in [-0.05, 0) is 40.8 Å².